The average Bonchev–Trinajstić information content (AvgIpc) is 2.74. The van der Waals surface area contributed by atoms with E-state index in [1.54, 1.807) is 0 Å². The van der Waals surface area contributed by atoms with Gasteiger partial charge in [0.25, 0.3) is 0 Å². The lowest BCUT2D eigenvalue weighted by molar-refractivity contribution is 0.864. The van der Waals surface area contributed by atoms with E-state index in [2.05, 4.69) is 59.0 Å². The van der Waals surface area contributed by atoms with Crippen LogP contribution in [0.15, 0.2) is 46.9 Å². The second-order valence-corrected chi connectivity index (χ2v) is 6.10. The molecule has 3 rings (SSSR count). The lowest BCUT2D eigenvalue weighted by Crippen LogP contribution is -2.01. The first-order valence-electron chi connectivity index (χ1n) is 6.60. The Balaban J connectivity index is 2.26. The molecule has 20 heavy (non-hydrogen) atoms. The Hall–Kier alpha value is -1.81. The number of nitrogen functional groups attached to an aromatic ring is 1. The number of nitrogens with two attached hydrogens (primary N) is 1. The Morgan fingerprint density at radius 2 is 1.95 bits per heavy atom. The minimum atomic E-state index is 0.484. The minimum absolute atomic E-state index is 0.484. The largest absolute Gasteiger partial charge is 0.369 e. The van der Waals surface area contributed by atoms with Crippen molar-refractivity contribution < 1.29 is 0 Å². The molecule has 0 spiro atoms. The van der Waals surface area contributed by atoms with Crippen molar-refractivity contribution in [1.82, 2.24) is 9.55 Å². The smallest absolute Gasteiger partial charge is 0.205 e. The van der Waals surface area contributed by atoms with E-state index in [4.69, 9.17) is 5.73 Å². The standard InChI is InChI=1S/C16H16BrN3/c1-10(2)11-4-3-5-13(8-11)20-15-9-12(17)6-7-14(15)19-16(20)18/h3-10H,1-2H3,(H2,18,19). The van der Waals surface area contributed by atoms with Crippen LogP contribution in [0.1, 0.15) is 25.3 Å². The number of rotatable bonds is 2. The van der Waals surface area contributed by atoms with Crippen LogP contribution >= 0.6 is 15.9 Å². The summed E-state index contributed by atoms with van der Waals surface area (Å²) in [5, 5.41) is 0. The number of imidazole rings is 1. The normalized spacial score (nSPS) is 11.4. The molecule has 0 radical (unpaired) electrons. The third-order valence-electron chi connectivity index (χ3n) is 3.44. The van der Waals surface area contributed by atoms with Gasteiger partial charge in [-0.1, -0.05) is 41.9 Å². The highest BCUT2D eigenvalue weighted by Crippen LogP contribution is 2.27. The molecule has 0 atom stereocenters. The number of hydrogen-bond donors (Lipinski definition) is 1. The maximum Gasteiger partial charge on any atom is 0.205 e. The van der Waals surface area contributed by atoms with Gasteiger partial charge in [-0.2, -0.15) is 0 Å². The predicted octanol–water partition coefficient (Wildman–Crippen LogP) is 4.49. The summed E-state index contributed by atoms with van der Waals surface area (Å²) in [5.74, 6) is 0.997. The summed E-state index contributed by atoms with van der Waals surface area (Å²) >= 11 is 3.50. The Bertz CT molecular complexity index is 774. The molecule has 0 saturated heterocycles. The SMILES string of the molecule is CC(C)c1cccc(-n2c(N)nc3ccc(Br)cc32)c1. The Labute approximate surface area is 126 Å². The van der Waals surface area contributed by atoms with E-state index < -0.39 is 0 Å². The van der Waals surface area contributed by atoms with E-state index in [0.29, 0.717) is 11.9 Å². The molecule has 0 fully saturated rings. The van der Waals surface area contributed by atoms with Crippen molar-refractivity contribution in [1.29, 1.82) is 0 Å². The number of halogens is 1. The van der Waals surface area contributed by atoms with E-state index in [0.717, 1.165) is 21.2 Å². The second-order valence-electron chi connectivity index (χ2n) is 5.19. The monoisotopic (exact) mass is 329 g/mol. The summed E-state index contributed by atoms with van der Waals surface area (Å²) < 4.78 is 3.01. The van der Waals surface area contributed by atoms with Crippen LogP contribution in [-0.4, -0.2) is 9.55 Å². The summed E-state index contributed by atoms with van der Waals surface area (Å²) in [6, 6.07) is 14.4. The molecule has 2 N–H and O–H groups in total. The molecule has 102 valence electrons. The highest BCUT2D eigenvalue weighted by molar-refractivity contribution is 9.10. The Morgan fingerprint density at radius 1 is 1.15 bits per heavy atom. The molecule has 0 aliphatic carbocycles. The van der Waals surface area contributed by atoms with E-state index in [-0.39, 0.29) is 0 Å². The van der Waals surface area contributed by atoms with Gasteiger partial charge in [-0.25, -0.2) is 4.98 Å². The van der Waals surface area contributed by atoms with Crippen molar-refractivity contribution in [2.24, 2.45) is 0 Å². The Kier molecular flexibility index (Phi) is 3.26. The molecule has 0 saturated carbocycles. The molecule has 1 aromatic heterocycles. The van der Waals surface area contributed by atoms with Crippen molar-refractivity contribution in [3.8, 4) is 5.69 Å². The fraction of sp³-hybridized carbons (Fsp3) is 0.188. The van der Waals surface area contributed by atoms with Crippen LogP contribution in [0.2, 0.25) is 0 Å². The molecular formula is C16H16BrN3. The first kappa shape index (κ1) is 13.2. The van der Waals surface area contributed by atoms with Crippen molar-refractivity contribution in [3.05, 3.63) is 52.5 Å². The molecule has 0 unspecified atom stereocenters. The predicted molar refractivity (Wildman–Crippen MR) is 87.3 cm³/mol. The number of benzene rings is 2. The lowest BCUT2D eigenvalue weighted by Gasteiger charge is -2.11. The zero-order chi connectivity index (χ0) is 14.3. The lowest BCUT2D eigenvalue weighted by atomic mass is 10.0. The molecule has 0 bridgehead atoms. The van der Waals surface area contributed by atoms with E-state index in [1.807, 2.05) is 22.8 Å². The Morgan fingerprint density at radius 3 is 2.70 bits per heavy atom. The third kappa shape index (κ3) is 2.20. The van der Waals surface area contributed by atoms with Crippen LogP contribution in [0.3, 0.4) is 0 Å². The van der Waals surface area contributed by atoms with Crippen LogP contribution in [0.4, 0.5) is 5.95 Å². The summed E-state index contributed by atoms with van der Waals surface area (Å²) in [7, 11) is 0. The highest BCUT2D eigenvalue weighted by atomic mass is 79.9. The summed E-state index contributed by atoms with van der Waals surface area (Å²) in [4.78, 5) is 4.43. The van der Waals surface area contributed by atoms with Gasteiger partial charge in [-0.15, -0.1) is 0 Å². The molecule has 3 nitrogen and oxygen atoms in total. The summed E-state index contributed by atoms with van der Waals surface area (Å²) in [6.45, 7) is 4.37. The van der Waals surface area contributed by atoms with E-state index >= 15 is 0 Å². The first-order valence-corrected chi connectivity index (χ1v) is 7.39. The van der Waals surface area contributed by atoms with Crippen LogP contribution in [0.5, 0.6) is 0 Å². The molecule has 3 aromatic rings. The van der Waals surface area contributed by atoms with Gasteiger partial charge in [0.05, 0.1) is 11.0 Å². The van der Waals surface area contributed by atoms with Crippen LogP contribution in [-0.2, 0) is 0 Å². The van der Waals surface area contributed by atoms with Gasteiger partial charge in [-0.05, 0) is 41.8 Å². The third-order valence-corrected chi connectivity index (χ3v) is 3.93. The highest BCUT2D eigenvalue weighted by Gasteiger charge is 2.11. The van der Waals surface area contributed by atoms with Crippen molar-refractivity contribution in [2.75, 3.05) is 5.73 Å². The van der Waals surface area contributed by atoms with Gasteiger partial charge in [0.15, 0.2) is 0 Å². The van der Waals surface area contributed by atoms with Gasteiger partial charge in [0, 0.05) is 10.2 Å². The minimum Gasteiger partial charge on any atom is -0.369 e. The summed E-state index contributed by atoms with van der Waals surface area (Å²) in [5.41, 5.74) is 10.4. The fourth-order valence-electron chi connectivity index (χ4n) is 2.36. The van der Waals surface area contributed by atoms with Gasteiger partial charge in [0.2, 0.25) is 5.95 Å². The van der Waals surface area contributed by atoms with Gasteiger partial charge >= 0.3 is 0 Å². The molecule has 4 heteroatoms. The molecule has 1 heterocycles. The van der Waals surface area contributed by atoms with E-state index in [9.17, 15) is 0 Å². The molecule has 2 aromatic carbocycles. The maximum atomic E-state index is 6.10. The average molecular weight is 330 g/mol. The van der Waals surface area contributed by atoms with Gasteiger partial charge in [0.1, 0.15) is 0 Å². The number of hydrogen-bond acceptors (Lipinski definition) is 2. The van der Waals surface area contributed by atoms with Crippen LogP contribution in [0.25, 0.3) is 16.7 Å². The number of nitrogens with zero attached hydrogens (tertiary/aromatic N) is 2. The first-order chi connectivity index (χ1) is 9.56. The fourth-order valence-corrected chi connectivity index (χ4v) is 2.71. The van der Waals surface area contributed by atoms with Crippen molar-refractivity contribution in [3.63, 3.8) is 0 Å². The van der Waals surface area contributed by atoms with Gasteiger partial charge in [-0.3, -0.25) is 4.57 Å². The number of fused-ring (bicyclic) bond motifs is 1. The van der Waals surface area contributed by atoms with Crippen LogP contribution < -0.4 is 5.73 Å². The molecular weight excluding hydrogens is 314 g/mol. The van der Waals surface area contributed by atoms with Crippen LogP contribution in [0, 0.1) is 0 Å². The number of aromatic nitrogens is 2. The van der Waals surface area contributed by atoms with Crippen molar-refractivity contribution in [2.45, 2.75) is 19.8 Å². The molecule has 0 amide bonds. The second kappa shape index (κ2) is 4.94. The molecule has 0 aliphatic rings. The van der Waals surface area contributed by atoms with Crippen molar-refractivity contribution >= 4 is 32.9 Å². The quantitative estimate of drug-likeness (QED) is 0.752. The van der Waals surface area contributed by atoms with E-state index in [1.165, 1.54) is 5.56 Å². The summed E-state index contributed by atoms with van der Waals surface area (Å²) in [6.07, 6.45) is 0. The maximum absolute atomic E-state index is 6.10. The zero-order valence-electron chi connectivity index (χ0n) is 11.5. The zero-order valence-corrected chi connectivity index (χ0v) is 13.1. The topological polar surface area (TPSA) is 43.8 Å². The molecule has 0 aliphatic heterocycles. The number of anilines is 1. The van der Waals surface area contributed by atoms with Gasteiger partial charge < -0.3 is 5.73 Å².